The fourth-order valence-corrected chi connectivity index (χ4v) is 5.14. The fraction of sp³-hybridized carbons (Fsp3) is 0.476. The predicted molar refractivity (Wildman–Crippen MR) is 124 cm³/mol. The summed E-state index contributed by atoms with van der Waals surface area (Å²) in [5.74, 6) is 1.07. The summed E-state index contributed by atoms with van der Waals surface area (Å²) in [5, 5.41) is 7.15. The number of anilines is 1. The normalized spacial score (nSPS) is 21.2. The summed E-state index contributed by atoms with van der Waals surface area (Å²) < 4.78 is 0. The zero-order chi connectivity index (χ0) is 20.7. The van der Waals surface area contributed by atoms with E-state index in [0.29, 0.717) is 16.3 Å². The molecule has 1 aromatic rings. The molecule has 0 saturated heterocycles. The van der Waals surface area contributed by atoms with Crippen molar-refractivity contribution in [3.63, 3.8) is 0 Å². The van der Waals surface area contributed by atoms with E-state index in [2.05, 4.69) is 27.3 Å². The number of hydrogen-bond acceptors (Lipinski definition) is 7. The number of allylic oxidation sites excluding steroid dienone is 1. The lowest BCUT2D eigenvalue weighted by Gasteiger charge is -2.28. The van der Waals surface area contributed by atoms with E-state index >= 15 is 0 Å². The molecule has 0 unspecified atom stereocenters. The van der Waals surface area contributed by atoms with Crippen molar-refractivity contribution in [2.45, 2.75) is 50.3 Å². The van der Waals surface area contributed by atoms with Gasteiger partial charge in [-0.2, -0.15) is 0 Å². The topological polar surface area (TPSA) is 87.7 Å². The lowest BCUT2D eigenvalue weighted by atomic mass is 9.79. The smallest absolute Gasteiger partial charge is 0.143 e. The third kappa shape index (κ3) is 5.54. The van der Waals surface area contributed by atoms with Gasteiger partial charge in [0.05, 0.1) is 15.6 Å². The molecule has 4 N–H and O–H groups in total. The van der Waals surface area contributed by atoms with Gasteiger partial charge in [0, 0.05) is 36.6 Å². The van der Waals surface area contributed by atoms with Crippen LogP contribution in [0.1, 0.15) is 45.4 Å². The van der Waals surface area contributed by atoms with Crippen LogP contribution in [-0.2, 0) is 0 Å². The van der Waals surface area contributed by atoms with Gasteiger partial charge in [0.1, 0.15) is 11.7 Å². The standard InChI is InChI=1S/C21H29ClN6S/c1-15(24-2)18(29-16-5-10-26-19(23)17(16)22)20-27-12-9-21(6-3-4-7-21)8-11-25-13-14-28-20/h5,10,13-14,25H,2-4,6-9,11-12H2,1H3,(H2,23,26)(H,27,28)/b14-13-,18-15+. The van der Waals surface area contributed by atoms with Crippen LogP contribution in [0.5, 0.6) is 0 Å². The van der Waals surface area contributed by atoms with Gasteiger partial charge in [-0.1, -0.05) is 36.2 Å². The first-order valence-corrected chi connectivity index (χ1v) is 11.2. The predicted octanol–water partition coefficient (Wildman–Crippen LogP) is 4.74. The van der Waals surface area contributed by atoms with E-state index < -0.39 is 0 Å². The number of nitrogens with two attached hydrogens (primary N) is 1. The number of pyridine rings is 1. The second-order valence-corrected chi connectivity index (χ2v) is 8.98. The van der Waals surface area contributed by atoms with Gasteiger partial charge < -0.3 is 16.4 Å². The largest absolute Gasteiger partial charge is 0.390 e. The van der Waals surface area contributed by atoms with Gasteiger partial charge in [-0.3, -0.25) is 9.98 Å². The average Bonchev–Trinajstić information content (AvgIpc) is 3.16. The van der Waals surface area contributed by atoms with E-state index in [1.165, 1.54) is 43.9 Å². The molecule has 1 aliphatic heterocycles. The molecule has 8 heteroatoms. The fourth-order valence-electron chi connectivity index (χ4n) is 3.93. The zero-order valence-electron chi connectivity index (χ0n) is 16.9. The van der Waals surface area contributed by atoms with Gasteiger partial charge in [0.2, 0.25) is 0 Å². The van der Waals surface area contributed by atoms with Gasteiger partial charge in [-0.15, -0.1) is 0 Å². The molecule has 0 aromatic carbocycles. The minimum atomic E-state index is 0.310. The molecule has 1 saturated carbocycles. The first kappa shape index (κ1) is 21.7. The van der Waals surface area contributed by atoms with E-state index in [-0.39, 0.29) is 0 Å². The molecule has 1 aliphatic carbocycles. The summed E-state index contributed by atoms with van der Waals surface area (Å²) >= 11 is 7.84. The Morgan fingerprint density at radius 1 is 1.28 bits per heavy atom. The molecule has 6 nitrogen and oxygen atoms in total. The van der Waals surface area contributed by atoms with Gasteiger partial charge in [-0.25, -0.2) is 4.98 Å². The number of halogens is 1. The third-order valence-corrected chi connectivity index (χ3v) is 7.43. The lowest BCUT2D eigenvalue weighted by molar-refractivity contribution is 0.253. The highest BCUT2D eigenvalue weighted by Crippen LogP contribution is 2.44. The molecular formula is C21H29ClN6S. The number of aromatic nitrogens is 1. The second kappa shape index (κ2) is 10.2. The molecule has 1 aromatic heterocycles. The second-order valence-electron chi connectivity index (χ2n) is 7.55. The zero-order valence-corrected chi connectivity index (χ0v) is 18.5. The molecule has 0 bridgehead atoms. The summed E-state index contributed by atoms with van der Waals surface area (Å²) in [7, 11) is 0. The van der Waals surface area contributed by atoms with Crippen molar-refractivity contribution < 1.29 is 0 Å². The summed E-state index contributed by atoms with van der Waals surface area (Å²) in [6.07, 6.45) is 13.0. The SMILES string of the molecule is C=N/C(C)=C(/Sc1ccnc(N)c1Cl)C1=NCCC2(CCCC2)CCN/C=C\N1. The number of nitrogens with zero attached hydrogens (tertiary/aromatic N) is 3. The van der Waals surface area contributed by atoms with Crippen molar-refractivity contribution in [1.82, 2.24) is 15.6 Å². The molecule has 0 amide bonds. The first-order valence-electron chi connectivity index (χ1n) is 10.00. The monoisotopic (exact) mass is 432 g/mol. The minimum Gasteiger partial charge on any atom is -0.390 e. The Morgan fingerprint density at radius 3 is 2.83 bits per heavy atom. The Morgan fingerprint density at radius 2 is 2.07 bits per heavy atom. The maximum Gasteiger partial charge on any atom is 0.143 e. The molecule has 0 atom stereocenters. The molecule has 1 fully saturated rings. The van der Waals surface area contributed by atoms with E-state index in [9.17, 15) is 0 Å². The molecule has 29 heavy (non-hydrogen) atoms. The van der Waals surface area contributed by atoms with Crippen LogP contribution in [0, 0.1) is 5.41 Å². The molecule has 1 spiro atoms. The molecule has 3 rings (SSSR count). The Balaban J connectivity index is 1.90. The Kier molecular flexibility index (Phi) is 7.61. The highest BCUT2D eigenvalue weighted by molar-refractivity contribution is 8.04. The quantitative estimate of drug-likeness (QED) is 0.472. The average molecular weight is 433 g/mol. The summed E-state index contributed by atoms with van der Waals surface area (Å²) in [6.45, 7) is 7.39. The van der Waals surface area contributed by atoms with Crippen LogP contribution >= 0.6 is 23.4 Å². The molecule has 2 heterocycles. The number of rotatable bonds is 4. The van der Waals surface area contributed by atoms with Crippen LogP contribution in [0.25, 0.3) is 0 Å². The van der Waals surface area contributed by atoms with Gasteiger partial charge in [0.15, 0.2) is 0 Å². The maximum absolute atomic E-state index is 6.37. The van der Waals surface area contributed by atoms with Crippen molar-refractivity contribution in [1.29, 1.82) is 0 Å². The van der Waals surface area contributed by atoms with Crippen LogP contribution < -0.4 is 16.4 Å². The van der Waals surface area contributed by atoms with Crippen LogP contribution in [0.2, 0.25) is 5.02 Å². The van der Waals surface area contributed by atoms with Crippen LogP contribution in [0.3, 0.4) is 0 Å². The molecule has 0 radical (unpaired) electrons. The van der Waals surface area contributed by atoms with Crippen molar-refractivity contribution in [3.8, 4) is 0 Å². The number of thioether (sulfide) groups is 1. The number of hydrogen-bond donors (Lipinski definition) is 3. The summed E-state index contributed by atoms with van der Waals surface area (Å²) in [4.78, 5) is 14.8. The van der Waals surface area contributed by atoms with Crippen LogP contribution in [-0.4, -0.2) is 30.6 Å². The summed E-state index contributed by atoms with van der Waals surface area (Å²) in [5.41, 5.74) is 7.06. The van der Waals surface area contributed by atoms with Gasteiger partial charge >= 0.3 is 0 Å². The number of nitrogen functional groups attached to an aromatic ring is 1. The van der Waals surface area contributed by atoms with Crippen molar-refractivity contribution in [2.24, 2.45) is 15.4 Å². The summed E-state index contributed by atoms with van der Waals surface area (Å²) in [6, 6.07) is 1.84. The molecular weight excluding hydrogens is 404 g/mol. The van der Waals surface area contributed by atoms with E-state index in [1.54, 1.807) is 6.20 Å². The minimum absolute atomic E-state index is 0.310. The van der Waals surface area contributed by atoms with E-state index in [4.69, 9.17) is 22.3 Å². The van der Waals surface area contributed by atoms with Gasteiger partial charge in [0.25, 0.3) is 0 Å². The Labute approximate surface area is 182 Å². The maximum atomic E-state index is 6.37. The van der Waals surface area contributed by atoms with Crippen LogP contribution in [0.4, 0.5) is 5.82 Å². The highest BCUT2D eigenvalue weighted by atomic mass is 35.5. The number of amidine groups is 1. The number of aliphatic imine (C=N–C) groups is 2. The highest BCUT2D eigenvalue weighted by Gasteiger charge is 2.32. The van der Waals surface area contributed by atoms with Crippen LogP contribution in [0.15, 0.2) is 50.1 Å². The van der Waals surface area contributed by atoms with Gasteiger partial charge in [-0.05, 0) is 50.8 Å². The Bertz CT molecular complexity index is 826. The van der Waals surface area contributed by atoms with Crippen molar-refractivity contribution in [3.05, 3.63) is 40.3 Å². The molecule has 2 aliphatic rings. The first-order chi connectivity index (χ1) is 14.0. The lowest BCUT2D eigenvalue weighted by Crippen LogP contribution is -2.23. The van der Waals surface area contributed by atoms with Crippen molar-refractivity contribution >= 4 is 41.7 Å². The Hall–Kier alpha value is -1.99. The number of nitrogens with one attached hydrogen (secondary N) is 2. The van der Waals surface area contributed by atoms with Crippen molar-refractivity contribution in [2.75, 3.05) is 18.8 Å². The third-order valence-electron chi connectivity index (χ3n) is 5.67. The molecule has 156 valence electrons. The van der Waals surface area contributed by atoms with E-state index in [0.717, 1.165) is 40.8 Å². The van der Waals surface area contributed by atoms with E-state index in [1.807, 2.05) is 25.4 Å².